The lowest BCUT2D eigenvalue weighted by Gasteiger charge is -2.34. The molecule has 0 aliphatic carbocycles. The number of aryl methyl sites for hydroxylation is 2. The summed E-state index contributed by atoms with van der Waals surface area (Å²) in [5, 5.41) is 5.06. The number of nitrogens with zero attached hydrogens (tertiary/aromatic N) is 6. The van der Waals surface area contributed by atoms with E-state index in [2.05, 4.69) is 26.9 Å². The van der Waals surface area contributed by atoms with Gasteiger partial charge in [0.25, 0.3) is 0 Å². The number of anilines is 1. The van der Waals surface area contributed by atoms with Gasteiger partial charge in [-0.3, -0.25) is 9.48 Å². The molecule has 0 bridgehead atoms. The number of rotatable bonds is 6. The first-order valence-electron chi connectivity index (χ1n) is 9.32. The Morgan fingerprint density at radius 3 is 2.59 bits per heavy atom. The smallest absolute Gasteiger partial charge is 0.246 e. The molecule has 0 atom stereocenters. The quantitative estimate of drug-likeness (QED) is 0.712. The zero-order valence-electron chi connectivity index (χ0n) is 15.8. The fourth-order valence-corrected chi connectivity index (χ4v) is 3.38. The molecule has 144 valence electrons. The maximum Gasteiger partial charge on any atom is 0.246 e. The predicted molar refractivity (Wildman–Crippen MR) is 107 cm³/mol. The van der Waals surface area contributed by atoms with Gasteiger partial charge in [0.05, 0.1) is 5.69 Å². The van der Waals surface area contributed by atoms with Gasteiger partial charge < -0.3 is 9.80 Å². The molecule has 8 heteroatoms. The minimum Gasteiger partial charge on any atom is -0.337 e. The lowest BCUT2D eigenvalue weighted by atomic mass is 10.2. The lowest BCUT2D eigenvalue weighted by Crippen LogP contribution is -2.48. The van der Waals surface area contributed by atoms with Crippen LogP contribution in [0.25, 0.3) is 6.08 Å². The lowest BCUT2D eigenvalue weighted by molar-refractivity contribution is -0.126. The van der Waals surface area contributed by atoms with Gasteiger partial charge in [-0.1, -0.05) is 24.9 Å². The van der Waals surface area contributed by atoms with E-state index in [1.165, 1.54) is 0 Å². The Hall–Kier alpha value is -2.41. The number of carbonyl (C=O) groups is 1. The minimum atomic E-state index is -0.0135. The van der Waals surface area contributed by atoms with Crippen LogP contribution in [0.1, 0.15) is 31.0 Å². The number of hydrogen-bond acceptors (Lipinski definition) is 5. The Bertz CT molecular complexity index is 796. The molecule has 0 saturated carbocycles. The van der Waals surface area contributed by atoms with Crippen molar-refractivity contribution in [2.75, 3.05) is 31.1 Å². The number of piperazine rings is 1. The molecule has 0 radical (unpaired) electrons. The van der Waals surface area contributed by atoms with Crippen LogP contribution in [-0.2, 0) is 11.3 Å². The molecule has 7 nitrogen and oxygen atoms in total. The van der Waals surface area contributed by atoms with E-state index in [1.54, 1.807) is 30.6 Å². The van der Waals surface area contributed by atoms with Gasteiger partial charge in [0, 0.05) is 56.8 Å². The molecule has 3 heterocycles. The maximum atomic E-state index is 12.5. The average molecular weight is 389 g/mol. The number of amides is 1. The Morgan fingerprint density at radius 2 is 1.93 bits per heavy atom. The van der Waals surface area contributed by atoms with Crippen molar-refractivity contribution in [3.8, 4) is 0 Å². The summed E-state index contributed by atoms with van der Waals surface area (Å²) in [5.74, 6) is 0.697. The van der Waals surface area contributed by atoms with Crippen LogP contribution in [0.15, 0.2) is 24.5 Å². The first-order valence-corrected chi connectivity index (χ1v) is 9.69. The Balaban J connectivity index is 1.59. The summed E-state index contributed by atoms with van der Waals surface area (Å²) in [7, 11) is 0. The number of carbonyl (C=O) groups excluding carboxylic acids is 1. The number of hydrogen-bond donors (Lipinski definition) is 0. The van der Waals surface area contributed by atoms with Crippen molar-refractivity contribution < 1.29 is 4.79 Å². The number of aromatic nitrogens is 4. The number of halogens is 1. The van der Waals surface area contributed by atoms with Gasteiger partial charge in [-0.15, -0.1) is 0 Å². The summed E-state index contributed by atoms with van der Waals surface area (Å²) in [6, 6.07) is 1.80. The topological polar surface area (TPSA) is 67.2 Å². The van der Waals surface area contributed by atoms with Crippen LogP contribution in [0.2, 0.25) is 5.15 Å². The highest BCUT2D eigenvalue weighted by Crippen LogP contribution is 2.22. The molecule has 2 aromatic heterocycles. The zero-order valence-corrected chi connectivity index (χ0v) is 16.6. The van der Waals surface area contributed by atoms with Gasteiger partial charge in [-0.05, 0) is 25.5 Å². The van der Waals surface area contributed by atoms with Crippen molar-refractivity contribution >= 4 is 29.5 Å². The minimum absolute atomic E-state index is 0.0135. The molecule has 0 aromatic carbocycles. The molecule has 0 N–H and O–H groups in total. The Labute approximate surface area is 164 Å². The molecule has 0 spiro atoms. The van der Waals surface area contributed by atoms with E-state index in [-0.39, 0.29) is 5.91 Å². The van der Waals surface area contributed by atoms with E-state index < -0.39 is 0 Å². The summed E-state index contributed by atoms with van der Waals surface area (Å²) >= 11 is 6.43. The van der Waals surface area contributed by atoms with Gasteiger partial charge in [-0.25, -0.2) is 9.97 Å². The van der Waals surface area contributed by atoms with Crippen LogP contribution in [0.3, 0.4) is 0 Å². The SMILES string of the molecule is CCCCn1nc(C)c(/C=C/C(=O)N2CCN(c3ncccn3)CC2)c1Cl. The van der Waals surface area contributed by atoms with E-state index in [9.17, 15) is 4.79 Å². The third kappa shape index (κ3) is 4.66. The van der Waals surface area contributed by atoms with Crippen LogP contribution < -0.4 is 4.90 Å². The second-order valence-electron chi connectivity index (χ2n) is 6.56. The first kappa shape index (κ1) is 19.4. The van der Waals surface area contributed by atoms with Crippen molar-refractivity contribution in [3.63, 3.8) is 0 Å². The van der Waals surface area contributed by atoms with Crippen molar-refractivity contribution in [2.45, 2.75) is 33.2 Å². The summed E-state index contributed by atoms with van der Waals surface area (Å²) < 4.78 is 1.81. The molecule has 0 unspecified atom stereocenters. The van der Waals surface area contributed by atoms with Gasteiger partial charge in [0.1, 0.15) is 5.15 Å². The second kappa shape index (κ2) is 8.99. The molecular weight excluding hydrogens is 364 g/mol. The summed E-state index contributed by atoms with van der Waals surface area (Å²) in [6.45, 7) is 7.57. The maximum absolute atomic E-state index is 12.5. The summed E-state index contributed by atoms with van der Waals surface area (Å²) in [4.78, 5) is 25.0. The molecule has 1 amide bonds. The fourth-order valence-electron chi connectivity index (χ4n) is 3.05. The van der Waals surface area contributed by atoms with E-state index >= 15 is 0 Å². The highest BCUT2D eigenvalue weighted by atomic mass is 35.5. The van der Waals surface area contributed by atoms with Gasteiger partial charge in [-0.2, -0.15) is 5.10 Å². The molecule has 1 aliphatic rings. The molecule has 1 fully saturated rings. The third-order valence-corrected chi connectivity index (χ3v) is 5.05. The van der Waals surface area contributed by atoms with Crippen LogP contribution in [0.4, 0.5) is 5.95 Å². The highest BCUT2D eigenvalue weighted by Gasteiger charge is 2.21. The Kier molecular flexibility index (Phi) is 6.45. The van der Waals surface area contributed by atoms with E-state index in [0.29, 0.717) is 24.2 Å². The van der Waals surface area contributed by atoms with Crippen molar-refractivity contribution in [1.82, 2.24) is 24.6 Å². The van der Waals surface area contributed by atoms with Crippen molar-refractivity contribution in [1.29, 1.82) is 0 Å². The predicted octanol–water partition coefficient (Wildman–Crippen LogP) is 2.80. The molecule has 27 heavy (non-hydrogen) atoms. The van der Waals surface area contributed by atoms with Crippen LogP contribution in [-0.4, -0.2) is 56.7 Å². The number of unbranched alkanes of at least 4 members (excludes halogenated alkanes) is 1. The molecule has 3 rings (SSSR count). The van der Waals surface area contributed by atoms with E-state index in [0.717, 1.165) is 43.7 Å². The summed E-state index contributed by atoms with van der Waals surface area (Å²) in [6.07, 6.45) is 8.94. The fraction of sp³-hybridized carbons (Fsp3) is 0.474. The van der Waals surface area contributed by atoms with E-state index in [1.807, 2.05) is 16.5 Å². The van der Waals surface area contributed by atoms with Crippen LogP contribution in [0.5, 0.6) is 0 Å². The third-order valence-electron chi connectivity index (χ3n) is 4.65. The van der Waals surface area contributed by atoms with Crippen LogP contribution >= 0.6 is 11.6 Å². The van der Waals surface area contributed by atoms with Crippen LogP contribution in [0, 0.1) is 6.92 Å². The Morgan fingerprint density at radius 1 is 1.22 bits per heavy atom. The highest BCUT2D eigenvalue weighted by molar-refractivity contribution is 6.31. The molecule has 1 aliphatic heterocycles. The van der Waals surface area contributed by atoms with Crippen molar-refractivity contribution in [3.05, 3.63) is 40.9 Å². The first-order chi connectivity index (χ1) is 13.1. The van der Waals surface area contributed by atoms with Crippen molar-refractivity contribution in [2.24, 2.45) is 0 Å². The van der Waals surface area contributed by atoms with Gasteiger partial charge in [0.2, 0.25) is 11.9 Å². The van der Waals surface area contributed by atoms with E-state index in [4.69, 9.17) is 11.6 Å². The second-order valence-corrected chi connectivity index (χ2v) is 6.92. The zero-order chi connectivity index (χ0) is 19.2. The molecule has 2 aromatic rings. The molecule has 1 saturated heterocycles. The van der Waals surface area contributed by atoms with Gasteiger partial charge >= 0.3 is 0 Å². The monoisotopic (exact) mass is 388 g/mol. The largest absolute Gasteiger partial charge is 0.337 e. The average Bonchev–Trinajstić information content (AvgIpc) is 2.98. The standard InChI is InChI=1S/C19H25ClN6O/c1-3-4-10-26-18(20)16(15(2)23-26)6-7-17(27)24-11-13-25(14-12-24)19-21-8-5-9-22-19/h5-9H,3-4,10-14H2,1-2H3/b7-6+. The normalized spacial score (nSPS) is 14.9. The summed E-state index contributed by atoms with van der Waals surface area (Å²) in [5.41, 5.74) is 1.66. The molecular formula is C19H25ClN6O. The van der Waals surface area contributed by atoms with Gasteiger partial charge in [0.15, 0.2) is 0 Å².